The van der Waals surface area contributed by atoms with Gasteiger partial charge in [-0.3, -0.25) is 4.79 Å². The SMILES string of the molecule is COc1ccc(Cn2ncc(-c3nc(N4CCN(C(=O)OC(C)(C)C)CC(F)(F)C4)c(Cl)c(=O)[nH]3)c2Cl)cc1. The van der Waals surface area contributed by atoms with Gasteiger partial charge >= 0.3 is 6.09 Å². The maximum atomic E-state index is 14.9. The van der Waals surface area contributed by atoms with E-state index in [-0.39, 0.29) is 40.5 Å². The van der Waals surface area contributed by atoms with Gasteiger partial charge in [-0.25, -0.2) is 23.2 Å². The molecule has 210 valence electrons. The number of hydrogen-bond acceptors (Lipinski definition) is 7. The number of rotatable bonds is 5. The minimum atomic E-state index is -3.33. The van der Waals surface area contributed by atoms with Crippen molar-refractivity contribution >= 4 is 35.1 Å². The van der Waals surface area contributed by atoms with Crippen molar-refractivity contribution in [1.29, 1.82) is 0 Å². The van der Waals surface area contributed by atoms with E-state index >= 15 is 0 Å². The molecule has 1 N–H and O–H groups in total. The van der Waals surface area contributed by atoms with Gasteiger partial charge in [0.05, 0.1) is 38.5 Å². The number of H-pyrrole nitrogens is 1. The Balaban J connectivity index is 1.61. The number of anilines is 1. The lowest BCUT2D eigenvalue weighted by atomic mass is 10.2. The third-order valence-corrected chi connectivity index (χ3v) is 6.54. The van der Waals surface area contributed by atoms with Crippen LogP contribution in [0.25, 0.3) is 11.4 Å². The molecule has 0 unspecified atom stereocenters. The fourth-order valence-electron chi connectivity index (χ4n) is 4.00. The number of aromatic amines is 1. The van der Waals surface area contributed by atoms with Gasteiger partial charge in [-0.15, -0.1) is 0 Å². The van der Waals surface area contributed by atoms with Crippen LogP contribution in [0.1, 0.15) is 26.3 Å². The van der Waals surface area contributed by atoms with E-state index in [0.717, 1.165) is 10.5 Å². The van der Waals surface area contributed by atoms with Gasteiger partial charge in [0.2, 0.25) is 0 Å². The zero-order valence-corrected chi connectivity index (χ0v) is 23.3. The van der Waals surface area contributed by atoms with Gasteiger partial charge in [-0.2, -0.15) is 5.10 Å². The molecular weight excluding hydrogens is 557 g/mol. The lowest BCUT2D eigenvalue weighted by Crippen LogP contribution is -2.44. The van der Waals surface area contributed by atoms with Crippen molar-refractivity contribution in [3.8, 4) is 17.1 Å². The maximum absolute atomic E-state index is 14.9. The van der Waals surface area contributed by atoms with Gasteiger partial charge in [0.15, 0.2) is 5.82 Å². The molecule has 39 heavy (non-hydrogen) atoms. The molecule has 0 saturated carbocycles. The van der Waals surface area contributed by atoms with Crippen molar-refractivity contribution in [2.45, 2.75) is 38.8 Å². The van der Waals surface area contributed by atoms with Crippen molar-refractivity contribution < 1.29 is 23.0 Å². The van der Waals surface area contributed by atoms with Gasteiger partial charge in [-0.1, -0.05) is 35.3 Å². The fourth-order valence-corrected chi connectivity index (χ4v) is 4.45. The Labute approximate surface area is 233 Å². The van der Waals surface area contributed by atoms with E-state index in [1.165, 1.54) is 15.8 Å². The molecule has 1 aliphatic rings. The molecule has 0 radical (unpaired) electrons. The summed E-state index contributed by atoms with van der Waals surface area (Å²) in [6, 6.07) is 7.33. The van der Waals surface area contributed by atoms with Gasteiger partial charge in [0, 0.05) is 13.1 Å². The predicted octanol–water partition coefficient (Wildman–Crippen LogP) is 4.69. The minimum absolute atomic E-state index is 0.0157. The number of methoxy groups -OCH3 is 1. The third-order valence-electron chi connectivity index (χ3n) is 5.80. The zero-order valence-electron chi connectivity index (χ0n) is 21.8. The quantitative estimate of drug-likeness (QED) is 0.463. The number of nitrogens with zero attached hydrogens (tertiary/aromatic N) is 5. The van der Waals surface area contributed by atoms with Crippen molar-refractivity contribution in [2.75, 3.05) is 38.2 Å². The number of ether oxygens (including phenoxy) is 2. The molecule has 3 heterocycles. The number of benzene rings is 1. The number of carbonyl (C=O) groups excluding carboxylic acids is 1. The van der Waals surface area contributed by atoms with Crippen LogP contribution in [0.3, 0.4) is 0 Å². The Morgan fingerprint density at radius 2 is 1.85 bits per heavy atom. The summed E-state index contributed by atoms with van der Waals surface area (Å²) in [6.07, 6.45) is 0.564. The Hall–Kier alpha value is -3.38. The van der Waals surface area contributed by atoms with Gasteiger partial charge in [-0.05, 0) is 38.5 Å². The Morgan fingerprint density at radius 3 is 2.49 bits per heavy atom. The van der Waals surface area contributed by atoms with Crippen LogP contribution >= 0.6 is 23.2 Å². The molecule has 4 rings (SSSR count). The normalized spacial score (nSPS) is 15.7. The highest BCUT2D eigenvalue weighted by Crippen LogP contribution is 2.31. The summed E-state index contributed by atoms with van der Waals surface area (Å²) >= 11 is 12.8. The number of alkyl halides is 2. The first-order valence-corrected chi connectivity index (χ1v) is 12.8. The second-order valence-corrected chi connectivity index (χ2v) is 10.8. The average Bonchev–Trinajstić information content (AvgIpc) is 3.12. The molecule has 0 aliphatic carbocycles. The molecule has 2 aromatic heterocycles. The Kier molecular flexibility index (Phi) is 8.08. The fraction of sp³-hybridized carbons (Fsp3) is 0.440. The lowest BCUT2D eigenvalue weighted by molar-refractivity contribution is -0.0285. The molecule has 1 fully saturated rings. The number of carbonyl (C=O) groups is 1. The molecule has 0 spiro atoms. The van der Waals surface area contributed by atoms with Crippen molar-refractivity contribution in [2.24, 2.45) is 0 Å². The number of halogens is 4. The summed E-state index contributed by atoms with van der Waals surface area (Å²) in [5.74, 6) is -2.76. The van der Waals surface area contributed by atoms with Crippen LogP contribution in [0.2, 0.25) is 10.2 Å². The Morgan fingerprint density at radius 1 is 1.15 bits per heavy atom. The second-order valence-electron chi connectivity index (χ2n) is 10.1. The highest BCUT2D eigenvalue weighted by Gasteiger charge is 2.41. The van der Waals surface area contributed by atoms with E-state index in [1.807, 2.05) is 12.1 Å². The largest absolute Gasteiger partial charge is 0.497 e. The van der Waals surface area contributed by atoms with Crippen LogP contribution in [-0.4, -0.2) is 75.6 Å². The van der Waals surface area contributed by atoms with Gasteiger partial charge in [0.25, 0.3) is 11.5 Å². The smallest absolute Gasteiger partial charge is 0.410 e. The molecular formula is C25H28Cl2F2N6O4. The Bertz CT molecular complexity index is 1410. The van der Waals surface area contributed by atoms with Crippen LogP contribution in [0.5, 0.6) is 5.75 Å². The van der Waals surface area contributed by atoms with Crippen LogP contribution in [0, 0.1) is 0 Å². The lowest BCUT2D eigenvalue weighted by Gasteiger charge is -2.27. The average molecular weight is 585 g/mol. The molecule has 0 atom stereocenters. The monoisotopic (exact) mass is 584 g/mol. The molecule has 1 aromatic carbocycles. The summed E-state index contributed by atoms with van der Waals surface area (Å²) in [5.41, 5.74) is -0.390. The number of amides is 1. The van der Waals surface area contributed by atoms with Gasteiger partial charge in [0.1, 0.15) is 27.4 Å². The summed E-state index contributed by atoms with van der Waals surface area (Å²) in [5, 5.41) is 4.11. The molecule has 1 aliphatic heterocycles. The van der Waals surface area contributed by atoms with E-state index in [2.05, 4.69) is 15.1 Å². The predicted molar refractivity (Wildman–Crippen MR) is 143 cm³/mol. The molecule has 0 bridgehead atoms. The molecule has 1 amide bonds. The number of hydrogen-bond donors (Lipinski definition) is 1. The first-order valence-electron chi connectivity index (χ1n) is 12.0. The number of aromatic nitrogens is 4. The highest BCUT2D eigenvalue weighted by molar-refractivity contribution is 6.33. The first kappa shape index (κ1) is 28.6. The second kappa shape index (κ2) is 11.0. The molecule has 10 nitrogen and oxygen atoms in total. The van der Waals surface area contributed by atoms with E-state index in [0.29, 0.717) is 12.3 Å². The third kappa shape index (κ3) is 6.80. The van der Waals surface area contributed by atoms with E-state index in [9.17, 15) is 18.4 Å². The molecule has 14 heteroatoms. The molecule has 1 saturated heterocycles. The maximum Gasteiger partial charge on any atom is 0.410 e. The molecule has 3 aromatic rings. The van der Waals surface area contributed by atoms with Crippen LogP contribution < -0.4 is 15.2 Å². The van der Waals surface area contributed by atoms with Crippen molar-refractivity contribution in [1.82, 2.24) is 24.6 Å². The van der Waals surface area contributed by atoms with E-state index < -0.39 is 36.3 Å². The van der Waals surface area contributed by atoms with E-state index in [1.54, 1.807) is 40.0 Å². The summed E-state index contributed by atoms with van der Waals surface area (Å²) in [4.78, 5) is 34.2. The number of nitrogens with one attached hydrogen (secondary N) is 1. The van der Waals surface area contributed by atoms with Crippen molar-refractivity contribution in [3.63, 3.8) is 0 Å². The van der Waals surface area contributed by atoms with Crippen LogP contribution in [0.4, 0.5) is 19.4 Å². The summed E-state index contributed by atoms with van der Waals surface area (Å²) < 4.78 is 41.8. The first-order chi connectivity index (χ1) is 18.3. The van der Waals surface area contributed by atoms with E-state index in [4.69, 9.17) is 32.7 Å². The summed E-state index contributed by atoms with van der Waals surface area (Å²) in [6.45, 7) is 3.46. The van der Waals surface area contributed by atoms with Crippen molar-refractivity contribution in [3.05, 3.63) is 56.6 Å². The van der Waals surface area contributed by atoms with Crippen LogP contribution in [0.15, 0.2) is 35.3 Å². The highest BCUT2D eigenvalue weighted by atomic mass is 35.5. The minimum Gasteiger partial charge on any atom is -0.497 e. The van der Waals surface area contributed by atoms with Gasteiger partial charge < -0.3 is 24.3 Å². The van der Waals surface area contributed by atoms with Crippen LogP contribution in [-0.2, 0) is 11.3 Å². The topological polar surface area (TPSA) is 106 Å². The summed E-state index contributed by atoms with van der Waals surface area (Å²) in [7, 11) is 1.57. The standard InChI is InChI=1S/C25H28Cl2F2N6O4/c1-24(2,3)39-23(37)34-10-9-33(13-25(28,29)14-34)21-18(26)22(36)32-20(31-21)17-11-30-35(19(17)27)12-15-5-7-16(38-4)8-6-15/h5-8,11H,9-10,12-14H2,1-4H3,(H,31,32,36). The zero-order chi connectivity index (χ0) is 28.5.